The van der Waals surface area contributed by atoms with E-state index in [1.807, 2.05) is 0 Å². The first kappa shape index (κ1) is 12.7. The van der Waals surface area contributed by atoms with E-state index in [2.05, 4.69) is 39.6 Å². The lowest BCUT2D eigenvalue weighted by molar-refractivity contribution is 0.373. The molecule has 2 heteroatoms. The summed E-state index contributed by atoms with van der Waals surface area (Å²) in [6.45, 7) is 11.5. The maximum Gasteiger partial charge on any atom is 0.110 e. The number of H-pyrrole nitrogens is 1. The van der Waals surface area contributed by atoms with Crippen LogP contribution in [0.3, 0.4) is 0 Å². The number of aryl methyl sites for hydroxylation is 1. The highest BCUT2D eigenvalue weighted by atomic mass is 15.0. The SMILES string of the molecule is CC1CCc2nc(C(C(C)C)C(C)C)[nH]c2C1. The van der Waals surface area contributed by atoms with E-state index >= 15 is 0 Å². The van der Waals surface area contributed by atoms with E-state index in [-0.39, 0.29) is 0 Å². The summed E-state index contributed by atoms with van der Waals surface area (Å²) in [5.41, 5.74) is 2.74. The smallest absolute Gasteiger partial charge is 0.110 e. The van der Waals surface area contributed by atoms with Gasteiger partial charge in [0.25, 0.3) is 0 Å². The molecule has 1 unspecified atom stereocenters. The molecular weight excluding hydrogens is 208 g/mol. The van der Waals surface area contributed by atoms with Crippen LogP contribution in [0.2, 0.25) is 0 Å². The number of hydrogen-bond donors (Lipinski definition) is 1. The summed E-state index contributed by atoms with van der Waals surface area (Å²) in [7, 11) is 0. The molecule has 0 aromatic carbocycles. The highest BCUT2D eigenvalue weighted by Crippen LogP contribution is 2.32. The van der Waals surface area contributed by atoms with E-state index in [1.165, 1.54) is 30.1 Å². The molecule has 2 rings (SSSR count). The van der Waals surface area contributed by atoms with Crippen LogP contribution in [0.15, 0.2) is 0 Å². The van der Waals surface area contributed by atoms with Gasteiger partial charge >= 0.3 is 0 Å². The van der Waals surface area contributed by atoms with Gasteiger partial charge in [-0.1, -0.05) is 34.6 Å². The largest absolute Gasteiger partial charge is 0.345 e. The van der Waals surface area contributed by atoms with Gasteiger partial charge in [-0.25, -0.2) is 4.98 Å². The average molecular weight is 234 g/mol. The van der Waals surface area contributed by atoms with Crippen LogP contribution >= 0.6 is 0 Å². The van der Waals surface area contributed by atoms with Crippen LogP contribution in [0, 0.1) is 17.8 Å². The maximum atomic E-state index is 4.87. The first-order valence-corrected chi connectivity index (χ1v) is 7.06. The number of aromatic nitrogens is 2. The van der Waals surface area contributed by atoms with E-state index in [9.17, 15) is 0 Å². The molecule has 1 aromatic rings. The number of imidazole rings is 1. The summed E-state index contributed by atoms with van der Waals surface area (Å²) in [6.07, 6.45) is 3.65. The fraction of sp³-hybridized carbons (Fsp3) is 0.800. The van der Waals surface area contributed by atoms with Crippen molar-refractivity contribution in [1.29, 1.82) is 0 Å². The predicted molar refractivity (Wildman–Crippen MR) is 72.2 cm³/mol. The van der Waals surface area contributed by atoms with Gasteiger partial charge in [-0.05, 0) is 37.0 Å². The molecule has 0 fully saturated rings. The second kappa shape index (κ2) is 4.83. The second-order valence-electron chi connectivity index (χ2n) is 6.41. The van der Waals surface area contributed by atoms with Crippen LogP contribution < -0.4 is 0 Å². The Hall–Kier alpha value is -0.790. The van der Waals surface area contributed by atoms with Crippen molar-refractivity contribution in [2.45, 2.75) is 59.8 Å². The molecule has 1 aliphatic carbocycles. The van der Waals surface area contributed by atoms with E-state index in [0.29, 0.717) is 17.8 Å². The minimum atomic E-state index is 0.566. The Labute approximate surface area is 105 Å². The zero-order valence-corrected chi connectivity index (χ0v) is 11.9. The van der Waals surface area contributed by atoms with Gasteiger partial charge in [0.15, 0.2) is 0 Å². The number of rotatable bonds is 3. The second-order valence-corrected chi connectivity index (χ2v) is 6.41. The molecule has 2 nitrogen and oxygen atoms in total. The summed E-state index contributed by atoms with van der Waals surface area (Å²) < 4.78 is 0. The molecule has 0 saturated carbocycles. The molecule has 1 aromatic heterocycles. The fourth-order valence-corrected chi connectivity index (χ4v) is 3.24. The minimum Gasteiger partial charge on any atom is -0.345 e. The van der Waals surface area contributed by atoms with Crippen LogP contribution in [-0.4, -0.2) is 9.97 Å². The molecule has 0 radical (unpaired) electrons. The molecule has 17 heavy (non-hydrogen) atoms. The normalized spacial score (nSPS) is 20.4. The van der Waals surface area contributed by atoms with Crippen molar-refractivity contribution in [2.75, 3.05) is 0 Å². The molecule has 0 spiro atoms. The first-order chi connectivity index (χ1) is 7.99. The number of nitrogens with zero attached hydrogens (tertiary/aromatic N) is 1. The highest BCUT2D eigenvalue weighted by molar-refractivity contribution is 5.20. The summed E-state index contributed by atoms with van der Waals surface area (Å²) >= 11 is 0. The van der Waals surface area contributed by atoms with Gasteiger partial charge in [0.1, 0.15) is 5.82 Å². The molecule has 1 N–H and O–H groups in total. The Balaban J connectivity index is 2.27. The van der Waals surface area contributed by atoms with E-state index < -0.39 is 0 Å². The molecule has 0 amide bonds. The van der Waals surface area contributed by atoms with Crippen molar-refractivity contribution in [1.82, 2.24) is 9.97 Å². The summed E-state index contributed by atoms with van der Waals surface area (Å²) in [6, 6.07) is 0. The highest BCUT2D eigenvalue weighted by Gasteiger charge is 2.26. The molecule has 0 saturated heterocycles. The lowest BCUT2D eigenvalue weighted by atomic mass is 9.85. The van der Waals surface area contributed by atoms with Crippen molar-refractivity contribution in [3.8, 4) is 0 Å². The number of nitrogens with one attached hydrogen (secondary N) is 1. The zero-order valence-electron chi connectivity index (χ0n) is 11.9. The first-order valence-electron chi connectivity index (χ1n) is 7.06. The summed E-state index contributed by atoms with van der Waals surface area (Å²) in [4.78, 5) is 8.49. The van der Waals surface area contributed by atoms with Crippen LogP contribution in [0.4, 0.5) is 0 Å². The quantitative estimate of drug-likeness (QED) is 0.843. The van der Waals surface area contributed by atoms with E-state index in [1.54, 1.807) is 0 Å². The predicted octanol–water partition coefficient (Wildman–Crippen LogP) is 3.93. The van der Waals surface area contributed by atoms with Gasteiger partial charge in [0, 0.05) is 11.6 Å². The van der Waals surface area contributed by atoms with Crippen LogP contribution in [0.5, 0.6) is 0 Å². The molecule has 1 atom stereocenters. The zero-order chi connectivity index (χ0) is 12.6. The van der Waals surface area contributed by atoms with Crippen molar-refractivity contribution in [3.63, 3.8) is 0 Å². The van der Waals surface area contributed by atoms with Gasteiger partial charge in [-0.2, -0.15) is 0 Å². The minimum absolute atomic E-state index is 0.566. The van der Waals surface area contributed by atoms with E-state index in [0.717, 1.165) is 12.3 Å². The van der Waals surface area contributed by atoms with Crippen molar-refractivity contribution in [2.24, 2.45) is 17.8 Å². The van der Waals surface area contributed by atoms with Crippen molar-refractivity contribution >= 4 is 0 Å². The van der Waals surface area contributed by atoms with Crippen LogP contribution in [0.1, 0.15) is 64.2 Å². The van der Waals surface area contributed by atoms with Gasteiger partial charge in [0.2, 0.25) is 0 Å². The third-order valence-electron chi connectivity index (χ3n) is 4.06. The molecule has 0 bridgehead atoms. The lowest BCUT2D eigenvalue weighted by Gasteiger charge is -2.22. The monoisotopic (exact) mass is 234 g/mol. The number of fused-ring (bicyclic) bond motifs is 1. The van der Waals surface area contributed by atoms with Gasteiger partial charge in [0.05, 0.1) is 5.69 Å². The molecule has 96 valence electrons. The molecule has 0 aliphatic heterocycles. The maximum absolute atomic E-state index is 4.87. The Bertz CT molecular complexity index is 368. The van der Waals surface area contributed by atoms with Crippen LogP contribution in [0.25, 0.3) is 0 Å². The molecular formula is C15H26N2. The topological polar surface area (TPSA) is 28.7 Å². The van der Waals surface area contributed by atoms with Gasteiger partial charge < -0.3 is 4.98 Å². The summed E-state index contributed by atoms with van der Waals surface area (Å²) in [5, 5.41) is 0. The van der Waals surface area contributed by atoms with Gasteiger partial charge in [-0.15, -0.1) is 0 Å². The van der Waals surface area contributed by atoms with Crippen LogP contribution in [-0.2, 0) is 12.8 Å². The summed E-state index contributed by atoms with van der Waals surface area (Å²) in [5.74, 6) is 3.91. The third kappa shape index (κ3) is 2.56. The third-order valence-corrected chi connectivity index (χ3v) is 4.06. The Morgan fingerprint density at radius 2 is 1.82 bits per heavy atom. The Morgan fingerprint density at radius 3 is 2.41 bits per heavy atom. The van der Waals surface area contributed by atoms with Gasteiger partial charge in [-0.3, -0.25) is 0 Å². The standard InChI is InChI=1S/C15H26N2/c1-9(2)14(10(3)4)15-16-12-7-6-11(5)8-13(12)17-15/h9-11,14H,6-8H2,1-5H3,(H,16,17). The number of aromatic amines is 1. The average Bonchev–Trinajstić information content (AvgIpc) is 2.58. The molecule has 1 aliphatic rings. The van der Waals surface area contributed by atoms with Crippen molar-refractivity contribution in [3.05, 3.63) is 17.2 Å². The number of hydrogen-bond acceptors (Lipinski definition) is 1. The lowest BCUT2D eigenvalue weighted by Crippen LogP contribution is -2.15. The van der Waals surface area contributed by atoms with E-state index in [4.69, 9.17) is 4.98 Å². The fourth-order valence-electron chi connectivity index (χ4n) is 3.24. The Kier molecular flexibility index (Phi) is 3.60. The Morgan fingerprint density at radius 1 is 1.18 bits per heavy atom. The molecule has 1 heterocycles. The van der Waals surface area contributed by atoms with Crippen molar-refractivity contribution < 1.29 is 0 Å².